The summed E-state index contributed by atoms with van der Waals surface area (Å²) in [4.78, 5) is 56.4. The summed E-state index contributed by atoms with van der Waals surface area (Å²) in [5, 5.41) is 40.9. The summed E-state index contributed by atoms with van der Waals surface area (Å²) in [5.74, 6) is -1.00. The largest absolute Gasteiger partial charge is 0.425 e. The molecule has 0 saturated carbocycles. The molecule has 0 radical (unpaired) electrons. The van der Waals surface area contributed by atoms with Crippen LogP contribution in [-0.2, 0) is 22.7 Å². The number of hydrogen-bond donors (Lipinski definition) is 4. The minimum atomic E-state index is -0.565. The summed E-state index contributed by atoms with van der Waals surface area (Å²) < 4.78 is 1.17. The maximum atomic E-state index is 12.4. The van der Waals surface area contributed by atoms with Crippen LogP contribution >= 0.6 is 0 Å². The number of rotatable bonds is 8. The van der Waals surface area contributed by atoms with Crippen molar-refractivity contribution in [1.82, 2.24) is 39.2 Å². The summed E-state index contributed by atoms with van der Waals surface area (Å²) in [6.07, 6.45) is 0. The molecule has 1 aliphatic heterocycles. The van der Waals surface area contributed by atoms with Gasteiger partial charge in [0.2, 0.25) is 0 Å². The fourth-order valence-electron chi connectivity index (χ4n) is 4.54. The van der Waals surface area contributed by atoms with Gasteiger partial charge in [-0.1, -0.05) is 12.1 Å². The molecule has 2 aromatic heterocycles. The van der Waals surface area contributed by atoms with Gasteiger partial charge in [-0.15, -0.1) is 0 Å². The number of carbonyl (C=O) groups is 2. The number of pyridine rings is 2. The van der Waals surface area contributed by atoms with Crippen LogP contribution in [0, 0.1) is 0 Å². The predicted molar refractivity (Wildman–Crippen MR) is 148 cm³/mol. The molecule has 42 heavy (non-hydrogen) atoms. The van der Waals surface area contributed by atoms with Gasteiger partial charge in [-0.25, -0.2) is 10.1 Å². The van der Waals surface area contributed by atoms with Gasteiger partial charge in [0.25, 0.3) is 22.9 Å². The van der Waals surface area contributed by atoms with E-state index in [9.17, 15) is 40.0 Å². The van der Waals surface area contributed by atoms with Gasteiger partial charge in [0, 0.05) is 91.7 Å². The average Bonchev–Trinajstić information content (AvgIpc) is 2.94. The van der Waals surface area contributed by atoms with Gasteiger partial charge in [-0.2, -0.15) is 9.46 Å². The quantitative estimate of drug-likeness (QED) is 0.152. The molecule has 0 aromatic carbocycles. The van der Waals surface area contributed by atoms with Crippen LogP contribution in [0.25, 0.3) is 0 Å². The van der Waals surface area contributed by atoms with Crippen molar-refractivity contribution in [3.05, 3.63) is 68.5 Å². The van der Waals surface area contributed by atoms with Gasteiger partial charge in [0.1, 0.15) is 0 Å². The standard InChI is InChI=1S/C26H40N8O8/c1-27(39)25(37)19-31-13-9-29(17-21-5-3-7-23(35)33(21)41)11-15-32(20-26(38)28(2)40)16-12-30(10-14-31)18-22-6-4-8-24(36)34(22)42/h3-8,39-42H,9-20H2,1-2H3. The van der Waals surface area contributed by atoms with Crippen LogP contribution in [0.15, 0.2) is 46.0 Å². The molecule has 0 aliphatic carbocycles. The maximum Gasteiger partial charge on any atom is 0.283 e. The molecule has 3 heterocycles. The van der Waals surface area contributed by atoms with E-state index in [1.807, 2.05) is 19.6 Å². The Kier molecular flexibility index (Phi) is 12.0. The highest BCUT2D eigenvalue weighted by atomic mass is 16.5. The van der Waals surface area contributed by atoms with E-state index in [1.165, 1.54) is 26.2 Å². The number of hydrogen-bond acceptors (Lipinski definition) is 12. The van der Waals surface area contributed by atoms with Crippen LogP contribution in [0.1, 0.15) is 11.4 Å². The Morgan fingerprint density at radius 2 is 0.929 bits per heavy atom. The molecule has 0 atom stereocenters. The Hall–Kier alpha value is -3.80. The molecule has 1 saturated heterocycles. The first-order valence-electron chi connectivity index (χ1n) is 13.5. The van der Waals surface area contributed by atoms with Crippen molar-refractivity contribution in [3.63, 3.8) is 0 Å². The lowest BCUT2D eigenvalue weighted by Crippen LogP contribution is -2.49. The van der Waals surface area contributed by atoms with Crippen LogP contribution in [0.4, 0.5) is 0 Å². The average molecular weight is 593 g/mol. The smallest absolute Gasteiger partial charge is 0.283 e. The van der Waals surface area contributed by atoms with Crippen LogP contribution in [0.3, 0.4) is 0 Å². The summed E-state index contributed by atoms with van der Waals surface area (Å²) >= 11 is 0. The Bertz CT molecular complexity index is 1200. The third-order valence-electron chi connectivity index (χ3n) is 7.16. The third-order valence-corrected chi connectivity index (χ3v) is 7.16. The topological polar surface area (TPSA) is 178 Å². The molecule has 0 unspecified atom stereocenters. The highest BCUT2D eigenvalue weighted by Crippen LogP contribution is 2.08. The van der Waals surface area contributed by atoms with E-state index in [0.717, 1.165) is 0 Å². The van der Waals surface area contributed by atoms with Crippen molar-refractivity contribution in [2.45, 2.75) is 13.1 Å². The minimum absolute atomic E-state index is 0.0652. The van der Waals surface area contributed by atoms with Gasteiger partial charge in [-0.05, 0) is 12.1 Å². The van der Waals surface area contributed by atoms with Crippen molar-refractivity contribution in [2.75, 3.05) is 79.5 Å². The summed E-state index contributed by atoms with van der Waals surface area (Å²) in [7, 11) is 2.51. The lowest BCUT2D eigenvalue weighted by atomic mass is 10.2. The first-order valence-corrected chi connectivity index (χ1v) is 13.5. The van der Waals surface area contributed by atoms with Crippen molar-refractivity contribution >= 4 is 11.8 Å². The van der Waals surface area contributed by atoms with Gasteiger partial charge < -0.3 is 10.4 Å². The molecule has 232 valence electrons. The zero-order valence-electron chi connectivity index (χ0n) is 23.9. The maximum absolute atomic E-state index is 12.4. The fraction of sp³-hybridized carbons (Fsp3) is 0.538. The molecule has 1 aliphatic rings. The number of nitrogens with zero attached hydrogens (tertiary/aromatic N) is 8. The predicted octanol–water partition coefficient (Wildman–Crippen LogP) is -1.90. The second kappa shape index (κ2) is 15.4. The lowest BCUT2D eigenvalue weighted by Gasteiger charge is -2.34. The summed E-state index contributed by atoms with van der Waals surface area (Å²) in [6, 6.07) is 8.85. The van der Waals surface area contributed by atoms with Gasteiger partial charge >= 0.3 is 0 Å². The molecule has 2 amide bonds. The van der Waals surface area contributed by atoms with Crippen LogP contribution in [0.5, 0.6) is 0 Å². The Labute approximate surface area is 242 Å². The number of aromatic nitrogens is 2. The molecule has 16 heteroatoms. The summed E-state index contributed by atoms with van der Waals surface area (Å²) in [5.41, 5.74) is -0.390. The summed E-state index contributed by atoms with van der Waals surface area (Å²) in [6.45, 7) is 3.54. The van der Waals surface area contributed by atoms with Gasteiger partial charge in [-0.3, -0.25) is 49.2 Å². The molecule has 2 aromatic rings. The van der Waals surface area contributed by atoms with Crippen molar-refractivity contribution in [1.29, 1.82) is 0 Å². The molecule has 16 nitrogen and oxygen atoms in total. The van der Waals surface area contributed by atoms with E-state index >= 15 is 0 Å². The van der Waals surface area contributed by atoms with Gasteiger partial charge in [0.15, 0.2) is 0 Å². The first-order chi connectivity index (χ1) is 19.9. The number of hydroxylamine groups is 4. The third kappa shape index (κ3) is 9.64. The van der Waals surface area contributed by atoms with E-state index in [2.05, 4.69) is 0 Å². The normalized spacial score (nSPS) is 16.9. The molecule has 3 rings (SSSR count). The second-order valence-electron chi connectivity index (χ2n) is 10.3. The second-order valence-corrected chi connectivity index (χ2v) is 10.3. The monoisotopic (exact) mass is 592 g/mol. The SMILES string of the molecule is CN(O)C(=O)CN1CCN(Cc2cccc(=O)n2O)CCN(CC(=O)N(C)O)CCN(Cc2cccc(=O)n2O)CC1. The fourth-order valence-corrected chi connectivity index (χ4v) is 4.54. The molecule has 0 spiro atoms. The molecular formula is C26H40N8O8. The number of carbonyl (C=O) groups excluding carboxylic acids is 2. The number of likely N-dealkylation sites (N-methyl/N-ethyl adjacent to an activating group) is 2. The molecule has 0 bridgehead atoms. The number of amides is 2. The zero-order chi connectivity index (χ0) is 30.8. The molecule has 4 N–H and O–H groups in total. The minimum Gasteiger partial charge on any atom is -0.425 e. The zero-order valence-corrected chi connectivity index (χ0v) is 23.9. The Balaban J connectivity index is 1.87. The van der Waals surface area contributed by atoms with E-state index < -0.39 is 22.9 Å². The first kappa shape index (κ1) is 32.7. The molecule has 1 fully saturated rings. The lowest BCUT2D eigenvalue weighted by molar-refractivity contribution is -0.160. The van der Waals surface area contributed by atoms with Crippen molar-refractivity contribution < 1.29 is 30.4 Å². The van der Waals surface area contributed by atoms with Crippen molar-refractivity contribution in [2.24, 2.45) is 0 Å². The highest BCUT2D eigenvalue weighted by molar-refractivity contribution is 5.77. The Morgan fingerprint density at radius 1 is 0.619 bits per heavy atom. The van der Waals surface area contributed by atoms with E-state index in [-0.39, 0.29) is 26.2 Å². The van der Waals surface area contributed by atoms with E-state index in [0.29, 0.717) is 83.3 Å². The van der Waals surface area contributed by atoms with Crippen LogP contribution in [0.2, 0.25) is 0 Å². The highest BCUT2D eigenvalue weighted by Gasteiger charge is 2.22. The molecular weight excluding hydrogens is 552 g/mol. The van der Waals surface area contributed by atoms with Crippen LogP contribution in [-0.4, -0.2) is 151 Å². The Morgan fingerprint density at radius 3 is 1.24 bits per heavy atom. The van der Waals surface area contributed by atoms with Crippen molar-refractivity contribution in [3.8, 4) is 0 Å². The van der Waals surface area contributed by atoms with E-state index in [4.69, 9.17) is 0 Å². The van der Waals surface area contributed by atoms with E-state index in [1.54, 1.807) is 24.3 Å². The van der Waals surface area contributed by atoms with Gasteiger partial charge in [0.05, 0.1) is 24.5 Å². The van der Waals surface area contributed by atoms with Crippen LogP contribution < -0.4 is 11.1 Å².